The molecule has 0 aliphatic rings. The highest BCUT2D eigenvalue weighted by Crippen LogP contribution is 2.19. The Bertz CT molecular complexity index is 491. The van der Waals surface area contributed by atoms with Crippen molar-refractivity contribution in [2.45, 2.75) is 6.54 Å². The topological polar surface area (TPSA) is 29.9 Å². The standard InChI is InChI=1S/C12H12BrN3/c1-2-7-16-8-6-14-12(16)15-11-5-3-4-10(13)9-11/h2-6,8-9H,1,7H2,(H,14,15). The lowest BCUT2D eigenvalue weighted by Gasteiger charge is -2.08. The number of rotatable bonds is 4. The molecule has 0 atom stereocenters. The Kier molecular flexibility index (Phi) is 3.41. The van der Waals surface area contributed by atoms with Gasteiger partial charge in [0.25, 0.3) is 0 Å². The molecule has 0 aliphatic carbocycles. The summed E-state index contributed by atoms with van der Waals surface area (Å²) in [6.07, 6.45) is 5.53. The van der Waals surface area contributed by atoms with Crippen molar-refractivity contribution in [1.29, 1.82) is 0 Å². The summed E-state index contributed by atoms with van der Waals surface area (Å²) in [4.78, 5) is 4.25. The molecule has 0 saturated heterocycles. The van der Waals surface area contributed by atoms with Crippen LogP contribution in [0.5, 0.6) is 0 Å². The molecule has 4 heteroatoms. The number of halogens is 1. The SMILES string of the molecule is C=CCn1ccnc1Nc1cccc(Br)c1. The van der Waals surface area contributed by atoms with Gasteiger partial charge < -0.3 is 9.88 Å². The van der Waals surface area contributed by atoms with Crippen molar-refractivity contribution < 1.29 is 0 Å². The fraction of sp³-hybridized carbons (Fsp3) is 0.0833. The van der Waals surface area contributed by atoms with E-state index in [1.165, 1.54) is 0 Å². The van der Waals surface area contributed by atoms with Gasteiger partial charge in [-0.05, 0) is 18.2 Å². The van der Waals surface area contributed by atoms with Crippen LogP contribution in [0.2, 0.25) is 0 Å². The van der Waals surface area contributed by atoms with Gasteiger partial charge in [-0.3, -0.25) is 0 Å². The van der Waals surface area contributed by atoms with E-state index in [-0.39, 0.29) is 0 Å². The Labute approximate surface area is 103 Å². The third kappa shape index (κ3) is 2.52. The highest BCUT2D eigenvalue weighted by atomic mass is 79.9. The van der Waals surface area contributed by atoms with Crippen LogP contribution in [-0.4, -0.2) is 9.55 Å². The van der Waals surface area contributed by atoms with E-state index in [9.17, 15) is 0 Å². The molecular weight excluding hydrogens is 266 g/mol. The van der Waals surface area contributed by atoms with Crippen LogP contribution in [0.4, 0.5) is 11.6 Å². The van der Waals surface area contributed by atoms with Crippen LogP contribution in [0.1, 0.15) is 0 Å². The van der Waals surface area contributed by atoms with Gasteiger partial charge in [-0.25, -0.2) is 4.98 Å². The van der Waals surface area contributed by atoms with Crippen molar-refractivity contribution in [2.75, 3.05) is 5.32 Å². The lowest BCUT2D eigenvalue weighted by molar-refractivity contribution is 0.833. The van der Waals surface area contributed by atoms with Gasteiger partial charge in [0.15, 0.2) is 0 Å². The van der Waals surface area contributed by atoms with Gasteiger partial charge in [-0.2, -0.15) is 0 Å². The first-order valence-electron chi connectivity index (χ1n) is 4.94. The maximum atomic E-state index is 4.25. The molecule has 0 radical (unpaired) electrons. The van der Waals surface area contributed by atoms with Gasteiger partial charge >= 0.3 is 0 Å². The van der Waals surface area contributed by atoms with Crippen molar-refractivity contribution in [3.05, 3.63) is 53.8 Å². The molecular formula is C12H12BrN3. The average Bonchev–Trinajstić information content (AvgIpc) is 2.66. The second-order valence-corrected chi connectivity index (χ2v) is 4.24. The van der Waals surface area contributed by atoms with E-state index in [4.69, 9.17) is 0 Å². The van der Waals surface area contributed by atoms with E-state index in [1.54, 1.807) is 6.20 Å². The van der Waals surface area contributed by atoms with E-state index < -0.39 is 0 Å². The third-order valence-electron chi connectivity index (χ3n) is 2.12. The van der Waals surface area contributed by atoms with E-state index in [0.29, 0.717) is 0 Å². The minimum Gasteiger partial charge on any atom is -0.326 e. The summed E-state index contributed by atoms with van der Waals surface area (Å²) in [7, 11) is 0. The monoisotopic (exact) mass is 277 g/mol. The summed E-state index contributed by atoms with van der Waals surface area (Å²) in [5, 5.41) is 3.25. The molecule has 82 valence electrons. The van der Waals surface area contributed by atoms with Crippen molar-refractivity contribution in [2.24, 2.45) is 0 Å². The number of anilines is 2. The first-order chi connectivity index (χ1) is 7.79. The molecule has 0 fully saturated rings. The smallest absolute Gasteiger partial charge is 0.207 e. The van der Waals surface area contributed by atoms with Crippen molar-refractivity contribution in [1.82, 2.24) is 9.55 Å². The van der Waals surface area contributed by atoms with Crippen LogP contribution in [-0.2, 0) is 6.54 Å². The van der Waals surface area contributed by atoms with Gasteiger partial charge in [-0.15, -0.1) is 6.58 Å². The molecule has 1 N–H and O–H groups in total. The molecule has 0 saturated carbocycles. The lowest BCUT2D eigenvalue weighted by Crippen LogP contribution is -2.01. The number of nitrogens with one attached hydrogen (secondary N) is 1. The molecule has 16 heavy (non-hydrogen) atoms. The Balaban J connectivity index is 2.20. The molecule has 0 bridgehead atoms. The van der Waals surface area contributed by atoms with Gasteiger partial charge in [0.05, 0.1) is 0 Å². The van der Waals surface area contributed by atoms with Crippen LogP contribution in [0, 0.1) is 0 Å². The maximum Gasteiger partial charge on any atom is 0.207 e. The number of allylic oxidation sites excluding steroid dienone is 1. The number of hydrogen-bond acceptors (Lipinski definition) is 2. The third-order valence-corrected chi connectivity index (χ3v) is 2.62. The van der Waals surface area contributed by atoms with Crippen LogP contribution >= 0.6 is 15.9 Å². The van der Waals surface area contributed by atoms with E-state index >= 15 is 0 Å². The highest BCUT2D eigenvalue weighted by molar-refractivity contribution is 9.10. The summed E-state index contributed by atoms with van der Waals surface area (Å²) < 4.78 is 3.03. The Hall–Kier alpha value is -1.55. The van der Waals surface area contributed by atoms with Gasteiger partial charge in [0.1, 0.15) is 0 Å². The first kappa shape index (κ1) is 11.0. The summed E-state index contributed by atoms with van der Waals surface area (Å²) >= 11 is 3.43. The maximum absolute atomic E-state index is 4.25. The molecule has 1 aromatic heterocycles. The molecule has 3 nitrogen and oxygen atoms in total. The average molecular weight is 278 g/mol. The van der Waals surface area contributed by atoms with Crippen molar-refractivity contribution >= 4 is 27.6 Å². The second kappa shape index (κ2) is 4.99. The van der Waals surface area contributed by atoms with Crippen LogP contribution in [0.25, 0.3) is 0 Å². The number of benzene rings is 1. The molecule has 1 heterocycles. The number of nitrogens with zero attached hydrogens (tertiary/aromatic N) is 2. The Morgan fingerprint density at radius 1 is 1.50 bits per heavy atom. The molecule has 0 unspecified atom stereocenters. The predicted molar refractivity (Wildman–Crippen MR) is 69.8 cm³/mol. The minimum atomic E-state index is 0.746. The summed E-state index contributed by atoms with van der Waals surface area (Å²) in [6.45, 7) is 4.46. The van der Waals surface area contributed by atoms with Crippen molar-refractivity contribution in [3.8, 4) is 0 Å². The fourth-order valence-corrected chi connectivity index (χ4v) is 1.81. The van der Waals surface area contributed by atoms with Gasteiger partial charge in [0.2, 0.25) is 5.95 Å². The van der Waals surface area contributed by atoms with Crippen LogP contribution < -0.4 is 5.32 Å². The van der Waals surface area contributed by atoms with Crippen molar-refractivity contribution in [3.63, 3.8) is 0 Å². The quantitative estimate of drug-likeness (QED) is 0.866. The van der Waals surface area contributed by atoms with E-state index in [1.807, 2.05) is 41.1 Å². The van der Waals surface area contributed by atoms with Gasteiger partial charge in [0, 0.05) is 29.1 Å². The predicted octanol–water partition coefficient (Wildman–Crippen LogP) is 3.58. The molecule has 0 amide bonds. The summed E-state index contributed by atoms with van der Waals surface area (Å²) in [5.74, 6) is 0.818. The highest BCUT2D eigenvalue weighted by Gasteiger charge is 2.01. The largest absolute Gasteiger partial charge is 0.326 e. The summed E-state index contributed by atoms with van der Waals surface area (Å²) in [5.41, 5.74) is 1.01. The molecule has 2 rings (SSSR count). The van der Waals surface area contributed by atoms with E-state index in [0.717, 1.165) is 22.7 Å². The zero-order valence-corrected chi connectivity index (χ0v) is 10.3. The number of aromatic nitrogens is 2. The number of imidazole rings is 1. The zero-order chi connectivity index (χ0) is 11.4. The summed E-state index contributed by atoms with van der Waals surface area (Å²) in [6, 6.07) is 7.97. The first-order valence-corrected chi connectivity index (χ1v) is 5.73. The molecule has 2 aromatic rings. The van der Waals surface area contributed by atoms with E-state index in [2.05, 4.69) is 32.8 Å². The minimum absolute atomic E-state index is 0.746. The van der Waals surface area contributed by atoms with Crippen LogP contribution in [0.15, 0.2) is 53.8 Å². The normalized spacial score (nSPS) is 10.1. The molecule has 0 aliphatic heterocycles. The lowest BCUT2D eigenvalue weighted by atomic mass is 10.3. The molecule has 0 spiro atoms. The Morgan fingerprint density at radius 3 is 3.12 bits per heavy atom. The van der Waals surface area contributed by atoms with Gasteiger partial charge in [-0.1, -0.05) is 28.1 Å². The number of hydrogen-bond donors (Lipinski definition) is 1. The Morgan fingerprint density at radius 2 is 2.38 bits per heavy atom. The molecule has 1 aromatic carbocycles. The second-order valence-electron chi connectivity index (χ2n) is 3.33. The zero-order valence-electron chi connectivity index (χ0n) is 8.73. The fourth-order valence-electron chi connectivity index (χ4n) is 1.41. The van der Waals surface area contributed by atoms with Crippen LogP contribution in [0.3, 0.4) is 0 Å².